The third-order valence-electron chi connectivity index (χ3n) is 4.11. The molecule has 1 aromatic heterocycles. The standard InChI is InChI=1S/C13H20FN3O8/c1-2-3-7-4-16(11(21)15-10(7)20)13(23)12(22,17(24)6-14)9(19)8(5-18)25-13/h4,8-9,18-19,22-24H,2-3,5-6H2,1H3,(H,15,20,21)/t8-,9-,12-,13+/m1/s1. The second-order valence-corrected chi connectivity index (χ2v) is 5.67. The van der Waals surface area contributed by atoms with Gasteiger partial charge in [0.2, 0.25) is 5.72 Å². The van der Waals surface area contributed by atoms with E-state index in [1.165, 1.54) is 0 Å². The van der Waals surface area contributed by atoms with E-state index in [1.807, 2.05) is 4.98 Å². The van der Waals surface area contributed by atoms with Crippen molar-refractivity contribution in [1.82, 2.24) is 14.6 Å². The molecule has 0 unspecified atom stereocenters. The molecule has 25 heavy (non-hydrogen) atoms. The van der Waals surface area contributed by atoms with Crippen LogP contribution in [0.3, 0.4) is 0 Å². The zero-order valence-electron chi connectivity index (χ0n) is 13.3. The summed E-state index contributed by atoms with van der Waals surface area (Å²) in [5.41, 5.74) is -5.20. The number of ether oxygens (including phenoxy) is 1. The Labute approximate surface area is 140 Å². The second-order valence-electron chi connectivity index (χ2n) is 5.67. The van der Waals surface area contributed by atoms with E-state index in [1.54, 1.807) is 6.92 Å². The number of hydroxylamine groups is 2. The molecular formula is C13H20FN3O8. The molecule has 0 aliphatic carbocycles. The molecule has 0 spiro atoms. The number of nitrogens with zero attached hydrogens (tertiary/aromatic N) is 2. The average molecular weight is 365 g/mol. The van der Waals surface area contributed by atoms with Gasteiger partial charge in [-0.25, -0.2) is 13.8 Å². The number of alkyl halides is 1. The summed E-state index contributed by atoms with van der Waals surface area (Å²) in [5, 5.41) is 49.8. The number of nitrogens with one attached hydrogen (secondary N) is 1. The van der Waals surface area contributed by atoms with Crippen LogP contribution < -0.4 is 11.2 Å². The van der Waals surface area contributed by atoms with Gasteiger partial charge in [0.15, 0.2) is 6.80 Å². The van der Waals surface area contributed by atoms with E-state index in [0.29, 0.717) is 11.0 Å². The lowest BCUT2D eigenvalue weighted by Gasteiger charge is -2.40. The van der Waals surface area contributed by atoms with Gasteiger partial charge < -0.3 is 30.4 Å². The molecule has 2 heterocycles. The molecule has 4 atom stereocenters. The van der Waals surface area contributed by atoms with Gasteiger partial charge in [-0.05, 0) is 6.42 Å². The van der Waals surface area contributed by atoms with Gasteiger partial charge in [0, 0.05) is 11.8 Å². The van der Waals surface area contributed by atoms with Crippen molar-refractivity contribution in [2.45, 2.75) is 43.6 Å². The summed E-state index contributed by atoms with van der Waals surface area (Å²) in [6, 6.07) is 0. The van der Waals surface area contributed by atoms with Crippen LogP contribution >= 0.6 is 0 Å². The second kappa shape index (κ2) is 6.92. The van der Waals surface area contributed by atoms with Crippen LogP contribution in [-0.2, 0) is 17.1 Å². The Kier molecular flexibility index (Phi) is 5.44. The molecule has 0 saturated carbocycles. The van der Waals surface area contributed by atoms with Crippen molar-refractivity contribution in [3.8, 4) is 0 Å². The molecule has 12 heteroatoms. The van der Waals surface area contributed by atoms with Crippen LogP contribution in [0.15, 0.2) is 15.8 Å². The van der Waals surface area contributed by atoms with E-state index < -0.39 is 53.6 Å². The van der Waals surface area contributed by atoms with Crippen LogP contribution in [0.5, 0.6) is 0 Å². The fraction of sp³-hybridized carbons (Fsp3) is 0.692. The number of aliphatic hydroxyl groups excluding tert-OH is 2. The Balaban J connectivity index is 2.71. The molecule has 142 valence electrons. The maximum absolute atomic E-state index is 12.9. The maximum atomic E-state index is 12.9. The zero-order valence-corrected chi connectivity index (χ0v) is 13.3. The van der Waals surface area contributed by atoms with Crippen LogP contribution in [0.2, 0.25) is 0 Å². The Morgan fingerprint density at radius 3 is 2.60 bits per heavy atom. The Bertz CT molecular complexity index is 739. The Morgan fingerprint density at radius 1 is 1.44 bits per heavy atom. The van der Waals surface area contributed by atoms with Crippen molar-refractivity contribution in [1.29, 1.82) is 0 Å². The molecule has 6 N–H and O–H groups in total. The van der Waals surface area contributed by atoms with Gasteiger partial charge in [-0.3, -0.25) is 9.78 Å². The third kappa shape index (κ3) is 2.81. The van der Waals surface area contributed by atoms with Gasteiger partial charge in [0.1, 0.15) is 12.2 Å². The van der Waals surface area contributed by atoms with Gasteiger partial charge in [0.05, 0.1) is 6.61 Å². The summed E-state index contributed by atoms with van der Waals surface area (Å²) in [4.78, 5) is 25.8. The predicted molar refractivity (Wildman–Crippen MR) is 78.0 cm³/mol. The molecule has 0 radical (unpaired) electrons. The normalized spacial score (nSPS) is 32.5. The lowest BCUT2D eigenvalue weighted by molar-refractivity contribution is -0.416. The first kappa shape index (κ1) is 19.7. The summed E-state index contributed by atoms with van der Waals surface area (Å²) >= 11 is 0. The highest BCUT2D eigenvalue weighted by Crippen LogP contribution is 2.42. The molecule has 0 aromatic carbocycles. The highest BCUT2D eigenvalue weighted by molar-refractivity contribution is 5.10. The lowest BCUT2D eigenvalue weighted by Crippen LogP contribution is -2.68. The van der Waals surface area contributed by atoms with Crippen molar-refractivity contribution in [3.05, 3.63) is 32.6 Å². The molecule has 2 rings (SSSR count). The number of halogens is 1. The molecule has 0 amide bonds. The zero-order chi connectivity index (χ0) is 19.0. The van der Waals surface area contributed by atoms with E-state index in [0.717, 1.165) is 6.20 Å². The predicted octanol–water partition coefficient (Wildman–Crippen LogP) is -2.85. The van der Waals surface area contributed by atoms with Crippen LogP contribution in [0.1, 0.15) is 18.9 Å². The summed E-state index contributed by atoms with van der Waals surface area (Å²) in [5.74, 6) is -3.20. The number of H-pyrrole nitrogens is 1. The summed E-state index contributed by atoms with van der Waals surface area (Å²) in [7, 11) is 0. The molecule has 1 aromatic rings. The van der Waals surface area contributed by atoms with Crippen LogP contribution in [0.4, 0.5) is 4.39 Å². The minimum atomic E-state index is -3.25. The van der Waals surface area contributed by atoms with Crippen molar-refractivity contribution < 1.29 is 34.8 Å². The first-order chi connectivity index (χ1) is 11.7. The Morgan fingerprint density at radius 2 is 2.08 bits per heavy atom. The fourth-order valence-electron chi connectivity index (χ4n) is 2.78. The number of hydrogen-bond acceptors (Lipinski definition) is 9. The smallest absolute Gasteiger partial charge is 0.332 e. The minimum absolute atomic E-state index is 0.0353. The van der Waals surface area contributed by atoms with Crippen LogP contribution in [0, 0.1) is 0 Å². The van der Waals surface area contributed by atoms with Crippen molar-refractivity contribution in [2.75, 3.05) is 13.4 Å². The van der Waals surface area contributed by atoms with Gasteiger partial charge in [0.25, 0.3) is 5.56 Å². The molecule has 0 bridgehead atoms. The first-order valence-corrected chi connectivity index (χ1v) is 7.46. The van der Waals surface area contributed by atoms with E-state index >= 15 is 0 Å². The van der Waals surface area contributed by atoms with E-state index in [2.05, 4.69) is 0 Å². The monoisotopic (exact) mass is 365 g/mol. The molecule has 1 fully saturated rings. The van der Waals surface area contributed by atoms with E-state index in [4.69, 9.17) is 4.74 Å². The maximum Gasteiger partial charge on any atom is 0.332 e. The van der Waals surface area contributed by atoms with Crippen LogP contribution in [-0.4, -0.2) is 71.6 Å². The van der Waals surface area contributed by atoms with Crippen molar-refractivity contribution >= 4 is 0 Å². The summed E-state index contributed by atoms with van der Waals surface area (Å²) in [6.45, 7) is -0.931. The van der Waals surface area contributed by atoms with Gasteiger partial charge in [-0.2, -0.15) is 0 Å². The average Bonchev–Trinajstić information content (AvgIpc) is 2.78. The highest BCUT2D eigenvalue weighted by atomic mass is 19.1. The number of rotatable bonds is 6. The molecule has 1 saturated heterocycles. The first-order valence-electron chi connectivity index (χ1n) is 7.46. The van der Waals surface area contributed by atoms with Crippen molar-refractivity contribution in [3.63, 3.8) is 0 Å². The summed E-state index contributed by atoms with van der Waals surface area (Å²) < 4.78 is 18.2. The SMILES string of the molecule is CCCc1cn([C@@]2(O)O[C@H](CO)[C@@H](O)[C@]2(O)N(O)CF)c(=O)[nH]c1=O. The highest BCUT2D eigenvalue weighted by Gasteiger charge is 2.70. The molecule has 1 aliphatic rings. The van der Waals surface area contributed by atoms with E-state index in [-0.39, 0.29) is 12.0 Å². The van der Waals surface area contributed by atoms with Gasteiger partial charge in [-0.1, -0.05) is 13.3 Å². The van der Waals surface area contributed by atoms with Gasteiger partial charge in [-0.15, -0.1) is 5.06 Å². The quantitative estimate of drug-likeness (QED) is 0.176. The number of aliphatic hydroxyl groups is 4. The van der Waals surface area contributed by atoms with Crippen molar-refractivity contribution in [2.24, 2.45) is 0 Å². The number of aromatic amines is 1. The van der Waals surface area contributed by atoms with E-state index in [9.17, 15) is 39.6 Å². The topological polar surface area (TPSA) is 168 Å². The Hall–Kier alpha value is -1.67. The minimum Gasteiger partial charge on any atom is -0.394 e. The number of aryl methyl sites for hydroxylation is 1. The van der Waals surface area contributed by atoms with Crippen LogP contribution in [0.25, 0.3) is 0 Å². The third-order valence-corrected chi connectivity index (χ3v) is 4.11. The lowest BCUT2D eigenvalue weighted by atomic mass is 10.0. The molecular weight excluding hydrogens is 345 g/mol. The molecule has 1 aliphatic heterocycles. The molecule has 11 nitrogen and oxygen atoms in total. The largest absolute Gasteiger partial charge is 0.394 e. The van der Waals surface area contributed by atoms with Gasteiger partial charge >= 0.3 is 11.6 Å². The number of hydrogen-bond donors (Lipinski definition) is 6. The fourth-order valence-corrected chi connectivity index (χ4v) is 2.78. The number of aromatic nitrogens is 2. The summed E-state index contributed by atoms with van der Waals surface area (Å²) in [6.07, 6.45) is -2.29.